The number of rotatable bonds is 10. The van der Waals surface area contributed by atoms with Gasteiger partial charge < -0.3 is 26.4 Å². The molecule has 0 radical (unpaired) electrons. The Bertz CT molecular complexity index is 1080. The molecule has 3 rings (SSSR count). The van der Waals surface area contributed by atoms with E-state index >= 15 is 0 Å². The lowest BCUT2D eigenvalue weighted by Gasteiger charge is -2.35. The molecule has 1 heterocycles. The normalized spacial score (nSPS) is 18.6. The van der Waals surface area contributed by atoms with Crippen LogP contribution in [0.25, 0.3) is 0 Å². The highest BCUT2D eigenvalue weighted by Gasteiger charge is 2.51. The SMILES string of the molecule is C=C(C)/C=C\C(=C/N)C(=O)NC1(C(=O)NCC2CCN(c3cccc(F)c3C(=O)C(C)O)CC2)CC1. The van der Waals surface area contributed by atoms with E-state index in [1.165, 1.54) is 19.2 Å². The summed E-state index contributed by atoms with van der Waals surface area (Å²) < 4.78 is 14.4. The molecule has 1 aliphatic carbocycles. The van der Waals surface area contributed by atoms with Crippen LogP contribution in [0.3, 0.4) is 0 Å². The third-order valence-electron chi connectivity index (χ3n) is 6.65. The molecule has 2 fully saturated rings. The average Bonchev–Trinajstić information content (AvgIpc) is 3.63. The molecule has 8 nitrogen and oxygen atoms in total. The van der Waals surface area contributed by atoms with Crippen molar-refractivity contribution in [3.63, 3.8) is 0 Å². The van der Waals surface area contributed by atoms with E-state index in [0.717, 1.165) is 18.4 Å². The summed E-state index contributed by atoms with van der Waals surface area (Å²) in [6, 6.07) is 4.46. The lowest BCUT2D eigenvalue weighted by Crippen LogP contribution is -2.50. The van der Waals surface area contributed by atoms with Gasteiger partial charge in [0.1, 0.15) is 17.5 Å². The number of aliphatic hydroxyl groups is 1. The number of nitrogens with one attached hydrogen (secondary N) is 2. The van der Waals surface area contributed by atoms with Crippen molar-refractivity contribution in [2.45, 2.75) is 51.2 Å². The van der Waals surface area contributed by atoms with Crippen LogP contribution in [0.15, 0.2) is 54.3 Å². The monoisotopic (exact) mass is 498 g/mol. The van der Waals surface area contributed by atoms with Crippen LogP contribution < -0.4 is 21.3 Å². The lowest BCUT2D eigenvalue weighted by atomic mass is 9.94. The average molecular weight is 499 g/mol. The van der Waals surface area contributed by atoms with Crippen molar-refractivity contribution < 1.29 is 23.9 Å². The molecule has 2 amide bonds. The minimum absolute atomic E-state index is 0.0883. The van der Waals surface area contributed by atoms with Crippen molar-refractivity contribution in [1.29, 1.82) is 0 Å². The minimum Gasteiger partial charge on any atom is -0.404 e. The number of allylic oxidation sites excluding steroid dienone is 2. The van der Waals surface area contributed by atoms with Gasteiger partial charge in [0.25, 0.3) is 5.91 Å². The van der Waals surface area contributed by atoms with E-state index in [0.29, 0.717) is 38.2 Å². The number of hydrogen-bond acceptors (Lipinski definition) is 6. The standard InChI is InChI=1S/C27H35FN4O4/c1-17(2)7-8-20(15-29)25(35)31-27(11-12-27)26(36)30-16-19-9-13-32(14-10-19)22-6-4-5-21(28)23(22)24(34)18(3)33/h4-8,15,18-19,33H,1,9-14,16,29H2,2-3H3,(H,30,36)(H,31,35)/b8-7-,20-15+. The second-order valence-electron chi connectivity index (χ2n) is 9.65. The van der Waals surface area contributed by atoms with Gasteiger partial charge in [0.05, 0.1) is 16.8 Å². The first-order valence-electron chi connectivity index (χ1n) is 12.2. The summed E-state index contributed by atoms with van der Waals surface area (Å²) >= 11 is 0. The number of piperidine rings is 1. The van der Waals surface area contributed by atoms with Gasteiger partial charge in [-0.25, -0.2) is 4.39 Å². The maximum atomic E-state index is 14.4. The Kier molecular flexibility index (Phi) is 8.68. The molecule has 0 aromatic heterocycles. The van der Waals surface area contributed by atoms with Gasteiger partial charge in [-0.05, 0) is 63.7 Å². The van der Waals surface area contributed by atoms with Gasteiger partial charge in [-0.3, -0.25) is 14.4 Å². The zero-order chi connectivity index (χ0) is 26.5. The topological polar surface area (TPSA) is 125 Å². The molecule has 1 saturated carbocycles. The highest BCUT2D eigenvalue weighted by molar-refractivity contribution is 6.04. The number of carbonyl (C=O) groups excluding carboxylic acids is 3. The van der Waals surface area contributed by atoms with Crippen LogP contribution in [-0.2, 0) is 9.59 Å². The van der Waals surface area contributed by atoms with Crippen LogP contribution in [0.2, 0.25) is 0 Å². The Balaban J connectivity index is 1.53. The number of nitrogens with two attached hydrogens (primary N) is 1. The predicted molar refractivity (Wildman–Crippen MR) is 137 cm³/mol. The van der Waals surface area contributed by atoms with E-state index in [9.17, 15) is 23.9 Å². The Labute approximate surface area is 211 Å². The largest absolute Gasteiger partial charge is 0.404 e. The highest BCUT2D eigenvalue weighted by Crippen LogP contribution is 2.36. The van der Waals surface area contributed by atoms with E-state index in [4.69, 9.17) is 5.73 Å². The fourth-order valence-corrected chi connectivity index (χ4v) is 4.28. The summed E-state index contributed by atoms with van der Waals surface area (Å²) in [5.41, 5.74) is 6.08. The Hall–Kier alpha value is -3.46. The number of halogens is 1. The van der Waals surface area contributed by atoms with Gasteiger partial charge in [0, 0.05) is 25.8 Å². The van der Waals surface area contributed by atoms with Crippen LogP contribution in [0, 0.1) is 11.7 Å². The molecule has 1 aromatic carbocycles. The first kappa shape index (κ1) is 27.1. The summed E-state index contributed by atoms with van der Waals surface area (Å²) in [4.78, 5) is 39.7. The van der Waals surface area contributed by atoms with E-state index in [1.807, 2.05) is 4.90 Å². The Morgan fingerprint density at radius 1 is 1.28 bits per heavy atom. The molecule has 0 spiro atoms. The van der Waals surface area contributed by atoms with Crippen LogP contribution in [0.4, 0.5) is 10.1 Å². The number of Topliss-reactive ketones (excluding diaryl/α,β-unsaturated/α-hetero) is 1. The predicted octanol–water partition coefficient (Wildman–Crippen LogP) is 2.35. The van der Waals surface area contributed by atoms with Crippen molar-refractivity contribution in [3.05, 3.63) is 65.7 Å². The molecule has 36 heavy (non-hydrogen) atoms. The maximum absolute atomic E-state index is 14.4. The molecule has 9 heteroatoms. The fourth-order valence-electron chi connectivity index (χ4n) is 4.28. The summed E-state index contributed by atoms with van der Waals surface area (Å²) in [7, 11) is 0. The summed E-state index contributed by atoms with van der Waals surface area (Å²) in [6.45, 7) is 8.52. The number of hydrogen-bond donors (Lipinski definition) is 4. The van der Waals surface area contributed by atoms with E-state index < -0.39 is 29.2 Å². The summed E-state index contributed by atoms with van der Waals surface area (Å²) in [5, 5.41) is 15.5. The third-order valence-corrected chi connectivity index (χ3v) is 6.65. The molecule has 1 saturated heterocycles. The second kappa shape index (κ2) is 11.5. The fraction of sp³-hybridized carbons (Fsp3) is 0.444. The van der Waals surface area contributed by atoms with Crippen molar-refractivity contribution in [3.8, 4) is 0 Å². The van der Waals surface area contributed by atoms with Crippen LogP contribution in [0.5, 0.6) is 0 Å². The van der Waals surface area contributed by atoms with Gasteiger partial charge in [0.15, 0.2) is 5.78 Å². The number of benzene rings is 1. The smallest absolute Gasteiger partial charge is 0.253 e. The molecule has 2 aliphatic rings. The van der Waals surface area contributed by atoms with Crippen molar-refractivity contribution in [1.82, 2.24) is 10.6 Å². The zero-order valence-corrected chi connectivity index (χ0v) is 20.9. The number of aliphatic hydroxyl groups excluding tert-OH is 1. The Morgan fingerprint density at radius 2 is 1.94 bits per heavy atom. The summed E-state index contributed by atoms with van der Waals surface area (Å²) in [6.07, 6.45) is 5.76. The Morgan fingerprint density at radius 3 is 2.50 bits per heavy atom. The quantitative estimate of drug-likeness (QED) is 0.223. The van der Waals surface area contributed by atoms with Crippen molar-refractivity contribution in [2.75, 3.05) is 24.5 Å². The molecular weight excluding hydrogens is 463 g/mol. The van der Waals surface area contributed by atoms with E-state index in [-0.39, 0.29) is 23.0 Å². The molecule has 1 aromatic rings. The number of anilines is 1. The summed E-state index contributed by atoms with van der Waals surface area (Å²) in [5.74, 6) is -1.70. The van der Waals surface area contributed by atoms with Gasteiger partial charge in [0.2, 0.25) is 5.91 Å². The van der Waals surface area contributed by atoms with Gasteiger partial charge in [-0.2, -0.15) is 0 Å². The van der Waals surface area contributed by atoms with Gasteiger partial charge in [-0.1, -0.05) is 24.3 Å². The van der Waals surface area contributed by atoms with Crippen LogP contribution >= 0.6 is 0 Å². The molecule has 0 bridgehead atoms. The van der Waals surface area contributed by atoms with Gasteiger partial charge in [-0.15, -0.1) is 0 Å². The number of ketones is 1. The molecule has 194 valence electrons. The maximum Gasteiger partial charge on any atom is 0.253 e. The van der Waals surface area contributed by atoms with Crippen molar-refractivity contribution >= 4 is 23.3 Å². The van der Waals surface area contributed by atoms with Crippen LogP contribution in [0.1, 0.15) is 49.9 Å². The number of amides is 2. The molecule has 1 aliphatic heterocycles. The second-order valence-corrected chi connectivity index (χ2v) is 9.65. The molecule has 1 unspecified atom stereocenters. The highest BCUT2D eigenvalue weighted by atomic mass is 19.1. The lowest BCUT2D eigenvalue weighted by molar-refractivity contribution is -0.128. The minimum atomic E-state index is -1.29. The van der Waals surface area contributed by atoms with Crippen LogP contribution in [-0.4, -0.2) is 54.0 Å². The first-order valence-corrected chi connectivity index (χ1v) is 12.2. The zero-order valence-electron chi connectivity index (χ0n) is 20.9. The first-order chi connectivity index (χ1) is 17.1. The molecule has 5 N–H and O–H groups in total. The number of carbonyl (C=O) groups is 3. The number of nitrogens with zero attached hydrogens (tertiary/aromatic N) is 1. The van der Waals surface area contributed by atoms with Crippen molar-refractivity contribution in [2.24, 2.45) is 11.7 Å². The van der Waals surface area contributed by atoms with Gasteiger partial charge >= 0.3 is 0 Å². The molecule has 1 atom stereocenters. The third kappa shape index (κ3) is 6.40. The molecular formula is C27H35FN4O4. The van der Waals surface area contributed by atoms with E-state index in [1.54, 1.807) is 31.2 Å². The van der Waals surface area contributed by atoms with E-state index in [2.05, 4.69) is 17.2 Å².